The van der Waals surface area contributed by atoms with E-state index >= 15 is 0 Å². The second-order valence-electron chi connectivity index (χ2n) is 3.13. The Hall–Kier alpha value is -2.15. The number of amides is 2. The fourth-order valence-electron chi connectivity index (χ4n) is 1.01. The molecule has 0 atom stereocenters. The van der Waals surface area contributed by atoms with Gasteiger partial charge in [0.25, 0.3) is 11.8 Å². The lowest BCUT2D eigenvalue weighted by Crippen LogP contribution is -2.40. The van der Waals surface area contributed by atoms with Gasteiger partial charge in [-0.15, -0.1) is 0 Å². The van der Waals surface area contributed by atoms with E-state index < -0.39 is 17.8 Å². The summed E-state index contributed by atoms with van der Waals surface area (Å²) in [5.41, 5.74) is 4.55. The summed E-state index contributed by atoms with van der Waals surface area (Å²) in [7, 11) is 0. The number of benzene rings is 1. The van der Waals surface area contributed by atoms with E-state index in [0.29, 0.717) is 11.6 Å². The number of halogens is 1. The number of aliphatic carboxylic acids is 1. The third-order valence-corrected chi connectivity index (χ3v) is 2.26. The van der Waals surface area contributed by atoms with Crippen molar-refractivity contribution in [2.24, 2.45) is 0 Å². The van der Waals surface area contributed by atoms with Gasteiger partial charge in [0.05, 0.1) is 0 Å². The van der Waals surface area contributed by atoms with Crippen LogP contribution in [0, 0.1) is 0 Å². The lowest BCUT2D eigenvalue weighted by molar-refractivity contribution is -0.131. The van der Waals surface area contributed by atoms with Crippen molar-refractivity contribution >= 4 is 33.7 Å². The van der Waals surface area contributed by atoms with E-state index in [9.17, 15) is 14.4 Å². The van der Waals surface area contributed by atoms with Crippen molar-refractivity contribution < 1.29 is 19.5 Å². The average molecular weight is 313 g/mol. The Morgan fingerprint density at radius 1 is 1.17 bits per heavy atom. The maximum Gasteiger partial charge on any atom is 0.328 e. The molecular formula is C11H9BrN2O4. The van der Waals surface area contributed by atoms with Crippen molar-refractivity contribution in [2.75, 3.05) is 0 Å². The van der Waals surface area contributed by atoms with Crippen LogP contribution in [-0.2, 0) is 9.59 Å². The van der Waals surface area contributed by atoms with Crippen LogP contribution in [0.15, 0.2) is 40.9 Å². The molecule has 6 nitrogen and oxygen atoms in total. The van der Waals surface area contributed by atoms with Crippen LogP contribution < -0.4 is 10.9 Å². The maximum atomic E-state index is 11.6. The SMILES string of the molecule is O=C(O)/C=C/C(=O)NNC(=O)c1cccc(Br)c1. The Kier molecular flexibility index (Phi) is 5.06. The van der Waals surface area contributed by atoms with Gasteiger partial charge in [-0.25, -0.2) is 4.79 Å². The normalized spacial score (nSPS) is 10.1. The third kappa shape index (κ3) is 4.79. The first-order valence-electron chi connectivity index (χ1n) is 4.76. The standard InChI is InChI=1S/C11H9BrN2O4/c12-8-3-1-2-7(6-8)11(18)14-13-9(15)4-5-10(16)17/h1-6H,(H,13,15)(H,14,18)(H,16,17)/b5-4+. The maximum absolute atomic E-state index is 11.6. The number of carboxylic acids is 1. The number of hydrazine groups is 1. The summed E-state index contributed by atoms with van der Waals surface area (Å²) in [5, 5.41) is 8.29. The van der Waals surface area contributed by atoms with Crippen molar-refractivity contribution in [1.29, 1.82) is 0 Å². The largest absolute Gasteiger partial charge is 0.478 e. The Bertz CT molecular complexity index is 514. The fourth-order valence-corrected chi connectivity index (χ4v) is 1.41. The first-order chi connectivity index (χ1) is 8.49. The Morgan fingerprint density at radius 2 is 1.89 bits per heavy atom. The van der Waals surface area contributed by atoms with E-state index in [0.717, 1.165) is 10.5 Å². The molecule has 0 saturated heterocycles. The molecule has 0 aliphatic carbocycles. The van der Waals surface area contributed by atoms with Gasteiger partial charge in [-0.1, -0.05) is 22.0 Å². The molecular weight excluding hydrogens is 304 g/mol. The average Bonchev–Trinajstić information content (AvgIpc) is 2.33. The van der Waals surface area contributed by atoms with E-state index in [-0.39, 0.29) is 0 Å². The molecule has 94 valence electrons. The molecule has 2 amide bonds. The molecule has 0 unspecified atom stereocenters. The van der Waals surface area contributed by atoms with Crippen molar-refractivity contribution in [3.8, 4) is 0 Å². The predicted octanol–water partition coefficient (Wildman–Crippen LogP) is 0.851. The third-order valence-electron chi connectivity index (χ3n) is 1.76. The highest BCUT2D eigenvalue weighted by molar-refractivity contribution is 9.10. The number of carbonyl (C=O) groups is 3. The van der Waals surface area contributed by atoms with Gasteiger partial charge < -0.3 is 5.11 Å². The van der Waals surface area contributed by atoms with Crippen LogP contribution in [-0.4, -0.2) is 22.9 Å². The molecule has 0 spiro atoms. The first kappa shape index (κ1) is 13.9. The van der Waals surface area contributed by atoms with Gasteiger partial charge in [-0.2, -0.15) is 0 Å². The van der Waals surface area contributed by atoms with E-state index in [2.05, 4.69) is 26.8 Å². The molecule has 0 aliphatic rings. The number of carboxylic acid groups (broad SMARTS) is 1. The quantitative estimate of drug-likeness (QED) is 0.569. The van der Waals surface area contributed by atoms with Gasteiger partial charge in [0.2, 0.25) is 0 Å². The monoisotopic (exact) mass is 312 g/mol. The van der Waals surface area contributed by atoms with Gasteiger partial charge >= 0.3 is 5.97 Å². The molecule has 1 aromatic rings. The number of nitrogens with one attached hydrogen (secondary N) is 2. The Labute approximate surface area is 111 Å². The highest BCUT2D eigenvalue weighted by Crippen LogP contribution is 2.11. The van der Waals surface area contributed by atoms with Crippen molar-refractivity contribution in [1.82, 2.24) is 10.9 Å². The number of rotatable bonds is 3. The topological polar surface area (TPSA) is 95.5 Å². The van der Waals surface area contributed by atoms with Crippen LogP contribution >= 0.6 is 15.9 Å². The van der Waals surface area contributed by atoms with Gasteiger partial charge in [0.15, 0.2) is 0 Å². The molecule has 1 aromatic carbocycles. The van der Waals surface area contributed by atoms with Gasteiger partial charge in [-0.3, -0.25) is 20.4 Å². The van der Waals surface area contributed by atoms with Crippen LogP contribution in [0.2, 0.25) is 0 Å². The molecule has 0 aliphatic heterocycles. The summed E-state index contributed by atoms with van der Waals surface area (Å²) in [6, 6.07) is 6.57. The fraction of sp³-hybridized carbons (Fsp3) is 0. The summed E-state index contributed by atoms with van der Waals surface area (Å²) >= 11 is 3.21. The zero-order valence-corrected chi connectivity index (χ0v) is 10.6. The van der Waals surface area contributed by atoms with E-state index in [1.54, 1.807) is 24.3 Å². The molecule has 1 rings (SSSR count). The van der Waals surface area contributed by atoms with E-state index in [4.69, 9.17) is 5.11 Å². The predicted molar refractivity (Wildman–Crippen MR) is 66.5 cm³/mol. The zero-order chi connectivity index (χ0) is 13.5. The Balaban J connectivity index is 2.52. The first-order valence-corrected chi connectivity index (χ1v) is 5.55. The highest BCUT2D eigenvalue weighted by atomic mass is 79.9. The molecule has 0 bridgehead atoms. The summed E-state index contributed by atoms with van der Waals surface area (Å²) < 4.78 is 0.729. The molecule has 0 heterocycles. The van der Waals surface area contributed by atoms with Gasteiger partial charge in [-0.05, 0) is 18.2 Å². The second kappa shape index (κ2) is 6.55. The zero-order valence-electron chi connectivity index (χ0n) is 9.01. The highest BCUT2D eigenvalue weighted by Gasteiger charge is 2.06. The lowest BCUT2D eigenvalue weighted by atomic mass is 10.2. The van der Waals surface area contributed by atoms with Crippen LogP contribution in [0.25, 0.3) is 0 Å². The molecule has 0 saturated carbocycles. The summed E-state index contributed by atoms with van der Waals surface area (Å²) in [6.45, 7) is 0. The van der Waals surface area contributed by atoms with E-state index in [1.807, 2.05) is 0 Å². The van der Waals surface area contributed by atoms with Gasteiger partial charge in [0, 0.05) is 22.2 Å². The van der Waals surface area contributed by atoms with Crippen LogP contribution in [0.5, 0.6) is 0 Å². The minimum atomic E-state index is -1.25. The van der Waals surface area contributed by atoms with Gasteiger partial charge in [0.1, 0.15) is 0 Å². The number of carbonyl (C=O) groups excluding carboxylic acids is 2. The summed E-state index contributed by atoms with van der Waals surface area (Å²) in [6.07, 6.45) is 1.46. The second-order valence-corrected chi connectivity index (χ2v) is 4.04. The van der Waals surface area contributed by atoms with Crippen molar-refractivity contribution in [3.05, 3.63) is 46.5 Å². The summed E-state index contributed by atoms with van der Waals surface area (Å²) in [5.74, 6) is -2.49. The molecule has 18 heavy (non-hydrogen) atoms. The van der Waals surface area contributed by atoms with Crippen LogP contribution in [0.3, 0.4) is 0 Å². The van der Waals surface area contributed by atoms with E-state index in [1.165, 1.54) is 0 Å². The minimum Gasteiger partial charge on any atom is -0.478 e. The molecule has 0 fully saturated rings. The number of hydrogen-bond donors (Lipinski definition) is 3. The smallest absolute Gasteiger partial charge is 0.328 e. The molecule has 3 N–H and O–H groups in total. The molecule has 7 heteroatoms. The minimum absolute atomic E-state index is 0.354. The lowest BCUT2D eigenvalue weighted by Gasteiger charge is -2.05. The Morgan fingerprint density at radius 3 is 2.50 bits per heavy atom. The number of hydrogen-bond acceptors (Lipinski definition) is 3. The van der Waals surface area contributed by atoms with Crippen LogP contribution in [0.1, 0.15) is 10.4 Å². The van der Waals surface area contributed by atoms with Crippen LogP contribution in [0.4, 0.5) is 0 Å². The van der Waals surface area contributed by atoms with Crippen molar-refractivity contribution in [2.45, 2.75) is 0 Å². The van der Waals surface area contributed by atoms with Crippen molar-refractivity contribution in [3.63, 3.8) is 0 Å². The molecule has 0 aromatic heterocycles. The molecule has 0 radical (unpaired) electrons. The summed E-state index contributed by atoms with van der Waals surface area (Å²) in [4.78, 5) is 32.8.